The Morgan fingerprint density at radius 1 is 1.15 bits per heavy atom. The highest BCUT2D eigenvalue weighted by molar-refractivity contribution is 5.66. The highest BCUT2D eigenvalue weighted by Gasteiger charge is 2.49. The molecule has 2 aliphatic rings. The van der Waals surface area contributed by atoms with Crippen LogP contribution in [0.25, 0.3) is 0 Å². The average Bonchev–Trinajstić information content (AvgIpc) is 3.22. The fourth-order valence-corrected chi connectivity index (χ4v) is 4.13. The van der Waals surface area contributed by atoms with Crippen LogP contribution in [0.2, 0.25) is 0 Å². The van der Waals surface area contributed by atoms with Crippen LogP contribution in [0.15, 0.2) is 12.2 Å². The van der Waals surface area contributed by atoms with E-state index in [1.807, 2.05) is 6.08 Å². The van der Waals surface area contributed by atoms with Crippen molar-refractivity contribution in [3.05, 3.63) is 12.2 Å². The molecule has 0 amide bonds. The first-order chi connectivity index (χ1) is 12.7. The second-order valence-electron chi connectivity index (χ2n) is 7.62. The third-order valence-corrected chi connectivity index (χ3v) is 5.62. The number of hydrogen-bond donors (Lipinski definition) is 2. The van der Waals surface area contributed by atoms with Crippen LogP contribution < -0.4 is 0 Å². The minimum atomic E-state index is -0.714. The summed E-state index contributed by atoms with van der Waals surface area (Å²) in [7, 11) is 0. The van der Waals surface area contributed by atoms with Crippen molar-refractivity contribution in [2.24, 2.45) is 11.8 Å². The van der Waals surface area contributed by atoms with E-state index in [0.29, 0.717) is 11.8 Å². The molecule has 1 aliphatic carbocycles. The van der Waals surface area contributed by atoms with Gasteiger partial charge in [0.05, 0.1) is 6.10 Å². The molecule has 26 heavy (non-hydrogen) atoms. The van der Waals surface area contributed by atoms with Crippen molar-refractivity contribution < 1.29 is 29.8 Å². The van der Waals surface area contributed by atoms with E-state index < -0.39 is 5.97 Å². The van der Waals surface area contributed by atoms with Gasteiger partial charge in [-0.2, -0.15) is 0 Å². The molecule has 0 aromatic rings. The Morgan fingerprint density at radius 2 is 1.92 bits per heavy atom. The standard InChI is InChI=1S/C20H34O6/c1-2-3-6-9-15(24-23)12-13-17-16(18-14-19(17)26-25-18)10-7-4-5-8-11-20(21)22/h12-13,15-19,23H,2-11,14H2,1H3,(H,21,22)/t15?,16-,17+,18+,19+/m0/s1. The third kappa shape index (κ3) is 6.65. The molecule has 2 fully saturated rings. The van der Waals surface area contributed by atoms with Crippen molar-refractivity contribution in [2.45, 2.75) is 95.9 Å². The fraction of sp³-hybridized carbons (Fsp3) is 0.850. The maximum atomic E-state index is 10.5. The van der Waals surface area contributed by atoms with Crippen LogP contribution in [-0.4, -0.2) is 34.6 Å². The SMILES string of the molecule is CCCCCC(C=C[C@@H]1[C@H](CCCCCCC(=O)O)[C@H]2C[C@H]1OO2)OO. The van der Waals surface area contributed by atoms with Gasteiger partial charge in [0.25, 0.3) is 0 Å². The van der Waals surface area contributed by atoms with E-state index in [4.69, 9.17) is 20.1 Å². The number of carbonyl (C=O) groups is 1. The van der Waals surface area contributed by atoms with Gasteiger partial charge in [0, 0.05) is 18.8 Å². The number of fused-ring (bicyclic) bond motifs is 2. The molecule has 1 unspecified atom stereocenters. The predicted octanol–water partition coefficient (Wildman–Crippen LogP) is 4.74. The number of hydrogen-bond acceptors (Lipinski definition) is 5. The van der Waals surface area contributed by atoms with Crippen molar-refractivity contribution in [2.75, 3.05) is 0 Å². The first kappa shape index (κ1) is 21.4. The molecule has 1 aliphatic heterocycles. The molecule has 6 nitrogen and oxygen atoms in total. The van der Waals surface area contributed by atoms with Crippen LogP contribution in [0.4, 0.5) is 0 Å². The lowest BCUT2D eigenvalue weighted by molar-refractivity contribution is -0.337. The van der Waals surface area contributed by atoms with E-state index in [1.165, 1.54) is 0 Å². The highest BCUT2D eigenvalue weighted by atomic mass is 17.2. The molecule has 2 N–H and O–H groups in total. The minimum Gasteiger partial charge on any atom is -0.481 e. The zero-order valence-electron chi connectivity index (χ0n) is 15.8. The predicted molar refractivity (Wildman–Crippen MR) is 97.5 cm³/mol. The summed E-state index contributed by atoms with van der Waals surface area (Å²) in [6.45, 7) is 2.16. The lowest BCUT2D eigenvalue weighted by Gasteiger charge is -2.28. The monoisotopic (exact) mass is 370 g/mol. The maximum absolute atomic E-state index is 10.5. The number of rotatable bonds is 14. The molecule has 1 saturated carbocycles. The first-order valence-electron chi connectivity index (χ1n) is 10.2. The molecule has 2 bridgehead atoms. The van der Waals surface area contributed by atoms with Crippen LogP contribution >= 0.6 is 0 Å². The summed E-state index contributed by atoms with van der Waals surface area (Å²) in [4.78, 5) is 26.0. The average molecular weight is 370 g/mol. The van der Waals surface area contributed by atoms with E-state index in [9.17, 15) is 4.79 Å². The van der Waals surface area contributed by atoms with Crippen LogP contribution in [0, 0.1) is 11.8 Å². The van der Waals surface area contributed by atoms with E-state index in [-0.39, 0.29) is 24.7 Å². The Labute approximate surface area is 156 Å². The van der Waals surface area contributed by atoms with Gasteiger partial charge < -0.3 is 5.11 Å². The van der Waals surface area contributed by atoms with Gasteiger partial charge in [-0.25, -0.2) is 14.7 Å². The number of carboxylic acids is 1. The summed E-state index contributed by atoms with van der Waals surface area (Å²) in [6.07, 6.45) is 14.4. The first-order valence-corrected chi connectivity index (χ1v) is 10.2. The summed E-state index contributed by atoms with van der Waals surface area (Å²) >= 11 is 0. The minimum absolute atomic E-state index is 0.100. The van der Waals surface area contributed by atoms with Crippen molar-refractivity contribution in [1.82, 2.24) is 0 Å². The highest BCUT2D eigenvalue weighted by Crippen LogP contribution is 2.45. The zero-order chi connectivity index (χ0) is 18.8. The molecule has 150 valence electrons. The molecular formula is C20H34O6. The summed E-state index contributed by atoms with van der Waals surface area (Å²) < 4.78 is 0. The van der Waals surface area contributed by atoms with Crippen LogP contribution in [0.1, 0.15) is 77.6 Å². The Morgan fingerprint density at radius 3 is 2.65 bits per heavy atom. The molecule has 0 aromatic heterocycles. The van der Waals surface area contributed by atoms with Gasteiger partial charge in [-0.3, -0.25) is 10.1 Å². The van der Waals surface area contributed by atoms with E-state index >= 15 is 0 Å². The summed E-state index contributed by atoms with van der Waals surface area (Å²) in [5.41, 5.74) is 0. The second kappa shape index (κ2) is 11.7. The molecular weight excluding hydrogens is 336 g/mol. The topological polar surface area (TPSA) is 85.2 Å². The van der Waals surface area contributed by atoms with Gasteiger partial charge >= 0.3 is 5.97 Å². The van der Waals surface area contributed by atoms with Crippen LogP contribution in [0.3, 0.4) is 0 Å². The van der Waals surface area contributed by atoms with Crippen molar-refractivity contribution in [1.29, 1.82) is 0 Å². The van der Waals surface area contributed by atoms with E-state index in [0.717, 1.165) is 64.2 Å². The molecule has 0 spiro atoms. The van der Waals surface area contributed by atoms with Gasteiger partial charge in [-0.05, 0) is 25.2 Å². The van der Waals surface area contributed by atoms with Crippen LogP contribution in [0.5, 0.6) is 0 Å². The Hall–Kier alpha value is -0.950. The largest absolute Gasteiger partial charge is 0.481 e. The van der Waals surface area contributed by atoms with E-state index in [2.05, 4.69) is 17.9 Å². The van der Waals surface area contributed by atoms with Gasteiger partial charge in [0.15, 0.2) is 0 Å². The lowest BCUT2D eigenvalue weighted by atomic mass is 9.87. The summed E-state index contributed by atoms with van der Waals surface area (Å²) in [6, 6.07) is 0. The number of carboxylic acid groups (broad SMARTS) is 1. The lowest BCUT2D eigenvalue weighted by Crippen LogP contribution is -2.29. The number of unbranched alkanes of at least 4 members (excludes halogenated alkanes) is 5. The normalized spacial score (nSPS) is 28.8. The Kier molecular flexibility index (Phi) is 9.61. The van der Waals surface area contributed by atoms with Gasteiger partial charge in [0.2, 0.25) is 0 Å². The quantitative estimate of drug-likeness (QED) is 0.199. The molecule has 5 atom stereocenters. The van der Waals surface area contributed by atoms with E-state index in [1.54, 1.807) is 0 Å². The Bertz CT molecular complexity index is 438. The number of aliphatic carboxylic acids is 1. The summed E-state index contributed by atoms with van der Waals surface area (Å²) in [5, 5.41) is 17.8. The maximum Gasteiger partial charge on any atom is 0.303 e. The summed E-state index contributed by atoms with van der Waals surface area (Å²) in [5.74, 6) is 0.0181. The van der Waals surface area contributed by atoms with Crippen molar-refractivity contribution in [3.63, 3.8) is 0 Å². The zero-order valence-corrected chi connectivity index (χ0v) is 15.8. The van der Waals surface area contributed by atoms with Crippen LogP contribution in [-0.2, 0) is 19.5 Å². The second-order valence-corrected chi connectivity index (χ2v) is 7.62. The van der Waals surface area contributed by atoms with Gasteiger partial charge in [-0.1, -0.05) is 57.6 Å². The molecule has 2 rings (SSSR count). The molecule has 0 aromatic carbocycles. The van der Waals surface area contributed by atoms with Crippen molar-refractivity contribution in [3.8, 4) is 0 Å². The Balaban J connectivity index is 1.76. The molecule has 0 radical (unpaired) electrons. The van der Waals surface area contributed by atoms with Crippen molar-refractivity contribution >= 4 is 5.97 Å². The fourth-order valence-electron chi connectivity index (χ4n) is 4.13. The third-order valence-electron chi connectivity index (χ3n) is 5.62. The van der Waals surface area contributed by atoms with Gasteiger partial charge in [-0.15, -0.1) is 0 Å². The molecule has 1 heterocycles. The van der Waals surface area contributed by atoms with Gasteiger partial charge in [0.1, 0.15) is 12.2 Å². The molecule has 6 heteroatoms. The molecule has 1 saturated heterocycles. The smallest absolute Gasteiger partial charge is 0.303 e.